The first-order valence-electron chi connectivity index (χ1n) is 6.43. The summed E-state index contributed by atoms with van der Waals surface area (Å²) in [6, 6.07) is 3.79. The molecule has 0 bridgehead atoms. The minimum Gasteiger partial charge on any atom is -0.393 e. The summed E-state index contributed by atoms with van der Waals surface area (Å²) in [6.07, 6.45) is 3.08. The van der Waals surface area contributed by atoms with E-state index in [0.717, 1.165) is 37.3 Å². The lowest BCUT2D eigenvalue weighted by molar-refractivity contribution is 0.145. The van der Waals surface area contributed by atoms with Crippen molar-refractivity contribution in [2.75, 3.05) is 18.0 Å². The molecule has 0 radical (unpaired) electrons. The van der Waals surface area contributed by atoms with Gasteiger partial charge in [0.15, 0.2) is 5.82 Å². The molecule has 0 atom stereocenters. The van der Waals surface area contributed by atoms with E-state index in [-0.39, 0.29) is 6.10 Å². The number of nitrogens with zero attached hydrogens (tertiary/aromatic N) is 4. The van der Waals surface area contributed by atoms with E-state index in [4.69, 9.17) is 4.52 Å². The van der Waals surface area contributed by atoms with Gasteiger partial charge in [-0.1, -0.05) is 5.16 Å². The highest BCUT2D eigenvalue weighted by molar-refractivity contribution is 5.69. The predicted octanol–water partition coefficient (Wildman–Crippen LogP) is 1.40. The summed E-state index contributed by atoms with van der Waals surface area (Å²) >= 11 is 0. The number of anilines is 1. The topological polar surface area (TPSA) is 75.3 Å². The molecular formula is C13H16N4O2. The number of hydrogen-bond acceptors (Lipinski definition) is 6. The fourth-order valence-electron chi connectivity index (χ4n) is 2.30. The zero-order valence-corrected chi connectivity index (χ0v) is 10.8. The van der Waals surface area contributed by atoms with Crippen LogP contribution < -0.4 is 4.90 Å². The standard InChI is InChI=1S/C13H16N4O2/c1-9-15-13(19-16-9)11-3-2-6-14-12(11)17-7-4-10(18)5-8-17/h2-3,6,10,18H,4-5,7-8H2,1H3. The SMILES string of the molecule is Cc1noc(-c2cccnc2N2CCC(O)CC2)n1. The Morgan fingerprint density at radius 1 is 1.37 bits per heavy atom. The third kappa shape index (κ3) is 2.44. The van der Waals surface area contributed by atoms with Gasteiger partial charge in [-0.15, -0.1) is 0 Å². The maximum atomic E-state index is 9.58. The van der Waals surface area contributed by atoms with Gasteiger partial charge in [0.05, 0.1) is 11.7 Å². The fourth-order valence-corrected chi connectivity index (χ4v) is 2.30. The van der Waals surface area contributed by atoms with Gasteiger partial charge in [-0.25, -0.2) is 4.98 Å². The predicted molar refractivity (Wildman–Crippen MR) is 69.7 cm³/mol. The lowest BCUT2D eigenvalue weighted by atomic mass is 10.1. The molecule has 1 aliphatic heterocycles. The van der Waals surface area contributed by atoms with Crippen molar-refractivity contribution in [3.05, 3.63) is 24.2 Å². The summed E-state index contributed by atoms with van der Waals surface area (Å²) in [5.74, 6) is 1.95. The summed E-state index contributed by atoms with van der Waals surface area (Å²) in [6.45, 7) is 3.37. The van der Waals surface area contributed by atoms with Crippen LogP contribution in [-0.2, 0) is 0 Å². The zero-order valence-electron chi connectivity index (χ0n) is 10.8. The molecular weight excluding hydrogens is 244 g/mol. The van der Waals surface area contributed by atoms with Gasteiger partial charge >= 0.3 is 0 Å². The van der Waals surface area contributed by atoms with Gasteiger partial charge in [0.25, 0.3) is 5.89 Å². The lowest BCUT2D eigenvalue weighted by Crippen LogP contribution is -2.36. The molecule has 3 heterocycles. The molecule has 6 nitrogen and oxygen atoms in total. The van der Waals surface area contributed by atoms with Crippen LogP contribution >= 0.6 is 0 Å². The van der Waals surface area contributed by atoms with Crippen LogP contribution in [0.3, 0.4) is 0 Å². The molecule has 1 saturated heterocycles. The number of piperidine rings is 1. The molecule has 19 heavy (non-hydrogen) atoms. The third-order valence-electron chi connectivity index (χ3n) is 3.31. The van der Waals surface area contributed by atoms with Gasteiger partial charge in [0.2, 0.25) is 0 Å². The minimum atomic E-state index is -0.200. The van der Waals surface area contributed by atoms with Crippen LogP contribution in [0.1, 0.15) is 18.7 Å². The maximum absolute atomic E-state index is 9.58. The lowest BCUT2D eigenvalue weighted by Gasteiger charge is -2.31. The number of hydrogen-bond donors (Lipinski definition) is 1. The van der Waals surface area contributed by atoms with Crippen molar-refractivity contribution < 1.29 is 9.63 Å². The second-order valence-electron chi connectivity index (χ2n) is 4.74. The van der Waals surface area contributed by atoms with E-state index in [1.165, 1.54) is 0 Å². The van der Waals surface area contributed by atoms with Crippen molar-refractivity contribution in [2.45, 2.75) is 25.9 Å². The summed E-state index contributed by atoms with van der Waals surface area (Å²) in [4.78, 5) is 10.8. The Labute approximate surface area is 111 Å². The van der Waals surface area contributed by atoms with Gasteiger partial charge in [0.1, 0.15) is 5.82 Å². The average molecular weight is 260 g/mol. The second-order valence-corrected chi connectivity index (χ2v) is 4.74. The van der Waals surface area contributed by atoms with E-state index in [1.54, 1.807) is 13.1 Å². The molecule has 0 saturated carbocycles. The number of aliphatic hydroxyl groups is 1. The average Bonchev–Trinajstić information content (AvgIpc) is 2.86. The first kappa shape index (κ1) is 12.1. The Bertz CT molecular complexity index is 561. The molecule has 0 aromatic carbocycles. The Morgan fingerprint density at radius 3 is 2.84 bits per heavy atom. The van der Waals surface area contributed by atoms with Crippen LogP contribution in [0, 0.1) is 6.92 Å². The fraction of sp³-hybridized carbons (Fsp3) is 0.462. The highest BCUT2D eigenvalue weighted by Gasteiger charge is 2.22. The molecule has 1 aliphatic rings. The van der Waals surface area contributed by atoms with Crippen LogP contribution in [0.15, 0.2) is 22.9 Å². The highest BCUT2D eigenvalue weighted by atomic mass is 16.5. The first-order chi connectivity index (χ1) is 9.24. The number of rotatable bonds is 2. The van der Waals surface area contributed by atoms with Crippen molar-refractivity contribution >= 4 is 5.82 Å². The van der Waals surface area contributed by atoms with E-state index in [0.29, 0.717) is 11.7 Å². The molecule has 0 unspecified atom stereocenters. The molecule has 1 N–H and O–H groups in total. The van der Waals surface area contributed by atoms with Gasteiger partial charge in [-0.3, -0.25) is 0 Å². The van der Waals surface area contributed by atoms with Crippen LogP contribution in [0.4, 0.5) is 5.82 Å². The van der Waals surface area contributed by atoms with Crippen LogP contribution in [0.5, 0.6) is 0 Å². The molecule has 2 aromatic heterocycles. The Hall–Kier alpha value is -1.95. The van der Waals surface area contributed by atoms with E-state index in [2.05, 4.69) is 20.0 Å². The molecule has 3 rings (SSSR count). The number of aliphatic hydroxyl groups excluding tert-OH is 1. The second kappa shape index (κ2) is 4.97. The first-order valence-corrected chi connectivity index (χ1v) is 6.43. The quantitative estimate of drug-likeness (QED) is 0.879. The molecule has 0 aliphatic carbocycles. The Kier molecular flexibility index (Phi) is 3.16. The summed E-state index contributed by atoms with van der Waals surface area (Å²) < 4.78 is 5.23. The summed E-state index contributed by atoms with van der Waals surface area (Å²) in [5, 5.41) is 13.4. The van der Waals surface area contributed by atoms with Crippen molar-refractivity contribution in [3.63, 3.8) is 0 Å². The van der Waals surface area contributed by atoms with Crippen LogP contribution in [0.25, 0.3) is 11.5 Å². The van der Waals surface area contributed by atoms with Gasteiger partial charge in [-0.2, -0.15) is 4.98 Å². The number of aromatic nitrogens is 3. The van der Waals surface area contributed by atoms with E-state index >= 15 is 0 Å². The Balaban J connectivity index is 1.93. The van der Waals surface area contributed by atoms with E-state index in [9.17, 15) is 5.11 Å². The number of pyridine rings is 1. The van der Waals surface area contributed by atoms with Crippen LogP contribution in [-0.4, -0.2) is 39.4 Å². The Morgan fingerprint density at radius 2 is 2.16 bits per heavy atom. The zero-order chi connectivity index (χ0) is 13.2. The largest absolute Gasteiger partial charge is 0.393 e. The van der Waals surface area contributed by atoms with Crippen molar-refractivity contribution in [1.29, 1.82) is 0 Å². The van der Waals surface area contributed by atoms with Gasteiger partial charge < -0.3 is 14.5 Å². The molecule has 0 amide bonds. The number of aryl methyl sites for hydroxylation is 1. The smallest absolute Gasteiger partial charge is 0.261 e. The van der Waals surface area contributed by atoms with Crippen molar-refractivity contribution in [1.82, 2.24) is 15.1 Å². The third-order valence-corrected chi connectivity index (χ3v) is 3.31. The normalized spacial score (nSPS) is 16.8. The van der Waals surface area contributed by atoms with Crippen molar-refractivity contribution in [3.8, 4) is 11.5 Å². The van der Waals surface area contributed by atoms with Gasteiger partial charge in [0, 0.05) is 19.3 Å². The summed E-state index contributed by atoms with van der Waals surface area (Å²) in [7, 11) is 0. The van der Waals surface area contributed by atoms with E-state index < -0.39 is 0 Å². The highest BCUT2D eigenvalue weighted by Crippen LogP contribution is 2.29. The molecule has 100 valence electrons. The molecule has 2 aromatic rings. The monoisotopic (exact) mass is 260 g/mol. The molecule has 1 fully saturated rings. The van der Waals surface area contributed by atoms with Gasteiger partial charge in [-0.05, 0) is 31.9 Å². The summed E-state index contributed by atoms with van der Waals surface area (Å²) in [5.41, 5.74) is 0.847. The minimum absolute atomic E-state index is 0.200. The van der Waals surface area contributed by atoms with E-state index in [1.807, 2.05) is 12.1 Å². The molecule has 0 spiro atoms. The maximum Gasteiger partial charge on any atom is 0.261 e. The van der Waals surface area contributed by atoms with Crippen LogP contribution in [0.2, 0.25) is 0 Å². The van der Waals surface area contributed by atoms with Crippen molar-refractivity contribution in [2.24, 2.45) is 0 Å². The molecule has 6 heteroatoms.